The molecule has 0 amide bonds. The van der Waals surface area contributed by atoms with E-state index in [1.54, 1.807) is 6.07 Å². The second-order valence-corrected chi connectivity index (χ2v) is 5.75. The van der Waals surface area contributed by atoms with Gasteiger partial charge in [0.05, 0.1) is 7.11 Å². The first-order valence-electron chi connectivity index (χ1n) is 6.26. The lowest BCUT2D eigenvalue weighted by Gasteiger charge is -2.18. The maximum absolute atomic E-state index is 13.6. The molecule has 2 atom stereocenters. The number of hydrogen-bond acceptors (Lipinski definition) is 3. The van der Waals surface area contributed by atoms with E-state index in [4.69, 9.17) is 10.6 Å². The normalized spacial score (nSPS) is 22.6. The van der Waals surface area contributed by atoms with Crippen LogP contribution in [-0.4, -0.2) is 13.2 Å². The smallest absolute Gasteiger partial charge is 0.165 e. The van der Waals surface area contributed by atoms with Gasteiger partial charge in [-0.15, -0.1) is 0 Å². The first kappa shape index (κ1) is 13.3. The van der Waals surface area contributed by atoms with Gasteiger partial charge in [0.2, 0.25) is 0 Å². The fourth-order valence-electron chi connectivity index (χ4n) is 2.60. The Morgan fingerprint density at radius 2 is 2.22 bits per heavy atom. The Kier molecular flexibility index (Phi) is 3.59. The Hall–Kier alpha value is -1.13. The average Bonchev–Trinajstić information content (AvgIpc) is 2.95. The molecule has 0 spiro atoms. The van der Waals surface area contributed by atoms with Crippen molar-refractivity contribution in [3.8, 4) is 5.75 Å². The first-order chi connectivity index (χ1) is 8.47. The van der Waals surface area contributed by atoms with Crippen LogP contribution in [0.1, 0.15) is 25.8 Å². The van der Waals surface area contributed by atoms with E-state index < -0.39 is 0 Å². The largest absolute Gasteiger partial charge is 0.494 e. The van der Waals surface area contributed by atoms with Crippen molar-refractivity contribution >= 4 is 0 Å². The quantitative estimate of drug-likeness (QED) is 0.624. The molecule has 3 nitrogen and oxygen atoms in total. The third-order valence-electron chi connectivity index (χ3n) is 3.96. The van der Waals surface area contributed by atoms with Crippen molar-refractivity contribution < 1.29 is 9.13 Å². The van der Waals surface area contributed by atoms with Gasteiger partial charge in [-0.05, 0) is 41.9 Å². The number of hydrogen-bond donors (Lipinski definition) is 2. The molecule has 1 aromatic rings. The van der Waals surface area contributed by atoms with Crippen molar-refractivity contribution in [2.24, 2.45) is 17.2 Å². The van der Waals surface area contributed by atoms with Crippen molar-refractivity contribution in [3.05, 3.63) is 29.6 Å². The summed E-state index contributed by atoms with van der Waals surface area (Å²) in [6, 6.07) is 5.28. The lowest BCUT2D eigenvalue weighted by Crippen LogP contribution is -2.39. The van der Waals surface area contributed by atoms with Gasteiger partial charge in [0.1, 0.15) is 0 Å². The fourth-order valence-corrected chi connectivity index (χ4v) is 2.60. The second-order valence-electron chi connectivity index (χ2n) is 5.75. The summed E-state index contributed by atoms with van der Waals surface area (Å²) in [7, 11) is 1.47. The molecule has 18 heavy (non-hydrogen) atoms. The molecule has 0 radical (unpaired) electrons. The van der Waals surface area contributed by atoms with Crippen molar-refractivity contribution in [2.75, 3.05) is 7.11 Å². The summed E-state index contributed by atoms with van der Waals surface area (Å²) in [6.07, 6.45) is 1.91. The van der Waals surface area contributed by atoms with Gasteiger partial charge in [-0.2, -0.15) is 0 Å². The number of rotatable bonds is 5. The van der Waals surface area contributed by atoms with E-state index >= 15 is 0 Å². The Balaban J connectivity index is 2.06. The number of nitrogens with two attached hydrogens (primary N) is 1. The van der Waals surface area contributed by atoms with Crippen LogP contribution >= 0.6 is 0 Å². The van der Waals surface area contributed by atoms with Crippen molar-refractivity contribution in [1.82, 2.24) is 5.43 Å². The highest BCUT2D eigenvalue weighted by atomic mass is 19.1. The minimum atomic E-state index is -0.319. The van der Waals surface area contributed by atoms with E-state index in [0.717, 1.165) is 12.0 Å². The van der Waals surface area contributed by atoms with Crippen LogP contribution < -0.4 is 16.0 Å². The summed E-state index contributed by atoms with van der Waals surface area (Å²) in [5.41, 5.74) is 4.16. The third-order valence-corrected chi connectivity index (χ3v) is 3.96. The summed E-state index contributed by atoms with van der Waals surface area (Å²) in [5, 5.41) is 0. The molecular formula is C14H21FN2O. The second kappa shape index (κ2) is 4.86. The molecule has 2 unspecified atom stereocenters. The summed E-state index contributed by atoms with van der Waals surface area (Å²) < 4.78 is 18.5. The molecule has 1 fully saturated rings. The standard InChI is InChI=1S/C14H21FN2O/c1-14(2)8-10(14)12(17-16)7-9-4-5-13(18-3)11(15)6-9/h4-6,10,12,17H,7-8,16H2,1-3H3. The van der Waals surface area contributed by atoms with E-state index in [2.05, 4.69) is 19.3 Å². The van der Waals surface area contributed by atoms with E-state index in [9.17, 15) is 4.39 Å². The summed E-state index contributed by atoms with van der Waals surface area (Å²) in [5.74, 6) is 6.13. The minimum Gasteiger partial charge on any atom is -0.494 e. The van der Waals surface area contributed by atoms with Crippen LogP contribution in [0.5, 0.6) is 5.75 Å². The maximum atomic E-state index is 13.6. The highest BCUT2D eigenvalue weighted by Gasteiger charge is 2.49. The predicted octanol–water partition coefficient (Wildman–Crippen LogP) is 2.25. The molecule has 3 N–H and O–H groups in total. The zero-order valence-electron chi connectivity index (χ0n) is 11.2. The van der Waals surface area contributed by atoms with Gasteiger partial charge < -0.3 is 4.74 Å². The summed E-state index contributed by atoms with van der Waals surface area (Å²) in [4.78, 5) is 0. The van der Waals surface area contributed by atoms with Gasteiger partial charge in [-0.25, -0.2) is 4.39 Å². The van der Waals surface area contributed by atoms with Gasteiger partial charge in [-0.3, -0.25) is 11.3 Å². The summed E-state index contributed by atoms with van der Waals surface area (Å²) >= 11 is 0. The van der Waals surface area contributed by atoms with Gasteiger partial charge in [-0.1, -0.05) is 19.9 Å². The lowest BCUT2D eigenvalue weighted by molar-refractivity contribution is 0.384. The predicted molar refractivity (Wildman–Crippen MR) is 69.7 cm³/mol. The van der Waals surface area contributed by atoms with E-state index in [-0.39, 0.29) is 17.6 Å². The van der Waals surface area contributed by atoms with Crippen LogP contribution in [0.25, 0.3) is 0 Å². The third kappa shape index (κ3) is 2.65. The monoisotopic (exact) mass is 252 g/mol. The number of halogens is 1. The Morgan fingerprint density at radius 3 is 2.67 bits per heavy atom. The van der Waals surface area contributed by atoms with Crippen molar-refractivity contribution in [1.29, 1.82) is 0 Å². The molecule has 100 valence electrons. The molecule has 0 bridgehead atoms. The highest BCUT2D eigenvalue weighted by molar-refractivity contribution is 5.30. The Morgan fingerprint density at radius 1 is 1.56 bits per heavy atom. The molecule has 0 aromatic heterocycles. The number of nitrogens with one attached hydrogen (secondary N) is 1. The molecule has 2 rings (SSSR count). The zero-order valence-corrected chi connectivity index (χ0v) is 11.2. The highest BCUT2D eigenvalue weighted by Crippen LogP contribution is 2.53. The molecule has 0 heterocycles. The van der Waals surface area contributed by atoms with Crippen LogP contribution in [0.4, 0.5) is 4.39 Å². The Labute approximate surface area is 107 Å². The number of methoxy groups -OCH3 is 1. The molecular weight excluding hydrogens is 231 g/mol. The van der Waals surface area contributed by atoms with Gasteiger partial charge in [0, 0.05) is 6.04 Å². The molecule has 1 aliphatic carbocycles. The average molecular weight is 252 g/mol. The number of hydrazine groups is 1. The first-order valence-corrected chi connectivity index (χ1v) is 6.26. The van der Waals surface area contributed by atoms with Crippen LogP contribution in [0.3, 0.4) is 0 Å². The van der Waals surface area contributed by atoms with Crippen molar-refractivity contribution in [2.45, 2.75) is 32.7 Å². The van der Waals surface area contributed by atoms with Gasteiger partial charge in [0.15, 0.2) is 11.6 Å². The van der Waals surface area contributed by atoms with Crippen LogP contribution in [-0.2, 0) is 6.42 Å². The van der Waals surface area contributed by atoms with E-state index in [1.807, 2.05) is 6.07 Å². The SMILES string of the molecule is COc1ccc(CC(NN)C2CC2(C)C)cc1F. The lowest BCUT2D eigenvalue weighted by atomic mass is 9.97. The maximum Gasteiger partial charge on any atom is 0.165 e. The molecule has 0 saturated heterocycles. The molecule has 1 aliphatic rings. The van der Waals surface area contributed by atoms with Crippen LogP contribution in [0.15, 0.2) is 18.2 Å². The Bertz CT molecular complexity index is 434. The molecule has 0 aliphatic heterocycles. The summed E-state index contributed by atoms with van der Waals surface area (Å²) in [6.45, 7) is 4.47. The number of ether oxygens (including phenoxy) is 1. The van der Waals surface area contributed by atoms with Crippen molar-refractivity contribution in [3.63, 3.8) is 0 Å². The topological polar surface area (TPSA) is 47.3 Å². The zero-order chi connectivity index (χ0) is 13.3. The molecule has 1 aromatic carbocycles. The number of benzene rings is 1. The molecule has 4 heteroatoms. The van der Waals surface area contributed by atoms with Gasteiger partial charge in [0.25, 0.3) is 0 Å². The molecule has 1 saturated carbocycles. The fraction of sp³-hybridized carbons (Fsp3) is 0.571. The minimum absolute atomic E-state index is 0.202. The van der Waals surface area contributed by atoms with E-state index in [0.29, 0.717) is 11.3 Å². The van der Waals surface area contributed by atoms with Crippen LogP contribution in [0.2, 0.25) is 0 Å². The van der Waals surface area contributed by atoms with Crippen LogP contribution in [0, 0.1) is 17.2 Å². The van der Waals surface area contributed by atoms with E-state index in [1.165, 1.54) is 19.6 Å². The van der Waals surface area contributed by atoms with Gasteiger partial charge >= 0.3 is 0 Å².